The molecule has 3 rings (SSSR count). The zero-order chi connectivity index (χ0) is 23.5. The third-order valence-electron chi connectivity index (χ3n) is 9.07. The molecule has 7 atom stereocenters. The maximum atomic E-state index is 13.8. The minimum absolute atomic E-state index is 0.0304. The number of carbonyl (C=O) groups excluding carboxylic acids is 1. The molecule has 0 bridgehead atoms. The van der Waals surface area contributed by atoms with Crippen molar-refractivity contribution < 1.29 is 28.9 Å². The lowest BCUT2D eigenvalue weighted by atomic mass is 9.51. The van der Waals surface area contributed by atoms with Crippen molar-refractivity contribution in [2.45, 2.75) is 85.2 Å². The van der Waals surface area contributed by atoms with E-state index in [9.17, 15) is 14.7 Å². The van der Waals surface area contributed by atoms with Gasteiger partial charge in [0, 0.05) is 32.2 Å². The van der Waals surface area contributed by atoms with Crippen LogP contribution in [0.2, 0.25) is 0 Å². The number of aliphatic carboxylic acids is 1. The van der Waals surface area contributed by atoms with Crippen molar-refractivity contribution in [3.63, 3.8) is 0 Å². The number of methoxy groups -OCH3 is 1. The highest BCUT2D eigenvalue weighted by atomic mass is 16.7. The SMILES string of the molecule is COCOC1CC[C@](C)(C2CC[C@]3(C)[C@@H](CCOCC(C)C)CC[C@H]3C2=O)[C@@H](C(=O)O)C1. The second kappa shape index (κ2) is 10.5. The standard InChI is InChI=1S/C26H44O6/c1-17(2)15-31-13-10-18-6-7-20-23(27)21(9-12-25(18,20)3)26(4)11-8-19(32-16-30-5)14-22(26)24(28)29/h17-22H,6-16H2,1-5H3,(H,28,29)/t18-,19?,20+,21?,22-,25-,26-/m1/s1. The number of fused-ring (bicyclic) bond motifs is 1. The maximum Gasteiger partial charge on any atom is 0.307 e. The maximum absolute atomic E-state index is 13.8. The van der Waals surface area contributed by atoms with Crippen LogP contribution < -0.4 is 0 Å². The molecule has 1 N–H and O–H groups in total. The van der Waals surface area contributed by atoms with Crippen molar-refractivity contribution in [3.05, 3.63) is 0 Å². The number of Topliss-reactive ketones (excluding diaryl/α,β-unsaturated/α-hetero) is 1. The summed E-state index contributed by atoms with van der Waals surface area (Å²) in [5, 5.41) is 10.1. The van der Waals surface area contributed by atoms with Gasteiger partial charge in [0.1, 0.15) is 12.6 Å². The van der Waals surface area contributed by atoms with E-state index in [0.717, 1.165) is 51.7 Å². The van der Waals surface area contributed by atoms with E-state index in [1.54, 1.807) is 7.11 Å². The number of carboxylic acids is 1. The Bertz CT molecular complexity index is 663. The number of ketones is 1. The van der Waals surface area contributed by atoms with E-state index in [1.165, 1.54) is 0 Å². The molecule has 0 aromatic heterocycles. The highest BCUT2D eigenvalue weighted by molar-refractivity contribution is 5.87. The molecular weight excluding hydrogens is 408 g/mol. The molecular formula is C26H44O6. The van der Waals surface area contributed by atoms with Gasteiger partial charge >= 0.3 is 5.97 Å². The van der Waals surface area contributed by atoms with Crippen LogP contribution in [0.1, 0.15) is 79.1 Å². The Balaban J connectivity index is 1.68. The van der Waals surface area contributed by atoms with Crippen molar-refractivity contribution in [1.29, 1.82) is 0 Å². The molecule has 6 heteroatoms. The van der Waals surface area contributed by atoms with E-state index in [0.29, 0.717) is 30.5 Å². The largest absolute Gasteiger partial charge is 0.481 e. The first kappa shape index (κ1) is 25.6. The van der Waals surface area contributed by atoms with Gasteiger partial charge < -0.3 is 19.3 Å². The molecule has 0 spiro atoms. The van der Waals surface area contributed by atoms with Gasteiger partial charge in [-0.2, -0.15) is 0 Å². The molecule has 32 heavy (non-hydrogen) atoms. The monoisotopic (exact) mass is 452 g/mol. The second-order valence-corrected chi connectivity index (χ2v) is 11.4. The van der Waals surface area contributed by atoms with Crippen LogP contribution >= 0.6 is 0 Å². The van der Waals surface area contributed by atoms with Gasteiger partial charge in [0.25, 0.3) is 0 Å². The molecule has 3 aliphatic rings. The highest BCUT2D eigenvalue weighted by Gasteiger charge is 2.59. The van der Waals surface area contributed by atoms with Crippen molar-refractivity contribution >= 4 is 11.8 Å². The number of rotatable bonds is 10. The summed E-state index contributed by atoms with van der Waals surface area (Å²) in [6, 6.07) is 0. The second-order valence-electron chi connectivity index (χ2n) is 11.4. The Morgan fingerprint density at radius 2 is 1.78 bits per heavy atom. The predicted molar refractivity (Wildman–Crippen MR) is 122 cm³/mol. The molecule has 0 radical (unpaired) electrons. The lowest BCUT2D eigenvalue weighted by Crippen LogP contribution is -2.53. The fourth-order valence-corrected chi connectivity index (χ4v) is 7.08. The number of ether oxygens (including phenoxy) is 3. The number of carboxylic acid groups (broad SMARTS) is 1. The van der Waals surface area contributed by atoms with E-state index in [-0.39, 0.29) is 30.1 Å². The van der Waals surface area contributed by atoms with Crippen molar-refractivity contribution in [2.75, 3.05) is 27.1 Å². The number of hydrogen-bond donors (Lipinski definition) is 1. The minimum Gasteiger partial charge on any atom is -0.481 e. The molecule has 0 aromatic rings. The van der Waals surface area contributed by atoms with E-state index >= 15 is 0 Å². The van der Waals surface area contributed by atoms with Crippen LogP contribution in [-0.2, 0) is 23.8 Å². The Labute approximate surface area is 193 Å². The Morgan fingerprint density at radius 3 is 2.44 bits per heavy atom. The van der Waals surface area contributed by atoms with Gasteiger partial charge in [-0.15, -0.1) is 0 Å². The van der Waals surface area contributed by atoms with E-state index in [2.05, 4.69) is 27.7 Å². The normalized spacial score (nSPS) is 39.9. The molecule has 0 saturated heterocycles. The quantitative estimate of drug-likeness (QED) is 0.373. The summed E-state index contributed by atoms with van der Waals surface area (Å²) in [6.07, 6.45) is 6.69. The summed E-state index contributed by atoms with van der Waals surface area (Å²) in [5.41, 5.74) is -0.474. The first-order valence-corrected chi connectivity index (χ1v) is 12.6. The third kappa shape index (κ3) is 5.07. The fourth-order valence-electron chi connectivity index (χ4n) is 7.08. The number of hydrogen-bond acceptors (Lipinski definition) is 5. The van der Waals surface area contributed by atoms with Crippen LogP contribution in [0.15, 0.2) is 0 Å². The summed E-state index contributed by atoms with van der Waals surface area (Å²) in [7, 11) is 1.57. The average molecular weight is 453 g/mol. The van der Waals surface area contributed by atoms with Crippen molar-refractivity contribution in [1.82, 2.24) is 0 Å². The van der Waals surface area contributed by atoms with E-state index in [4.69, 9.17) is 14.2 Å². The topological polar surface area (TPSA) is 82.1 Å². The summed E-state index contributed by atoms with van der Waals surface area (Å²) < 4.78 is 16.6. The van der Waals surface area contributed by atoms with Crippen LogP contribution in [0.4, 0.5) is 0 Å². The van der Waals surface area contributed by atoms with Crippen molar-refractivity contribution in [3.8, 4) is 0 Å². The number of carbonyl (C=O) groups is 2. The summed E-state index contributed by atoms with van der Waals surface area (Å²) in [5.74, 6) is -0.0768. The molecule has 0 heterocycles. The molecule has 184 valence electrons. The fraction of sp³-hybridized carbons (Fsp3) is 0.923. The van der Waals surface area contributed by atoms with Gasteiger partial charge in [0.2, 0.25) is 0 Å². The van der Waals surface area contributed by atoms with Crippen molar-refractivity contribution in [2.24, 2.45) is 40.4 Å². The molecule has 3 fully saturated rings. The Morgan fingerprint density at radius 1 is 1.09 bits per heavy atom. The first-order valence-electron chi connectivity index (χ1n) is 12.6. The summed E-state index contributed by atoms with van der Waals surface area (Å²) in [6.45, 7) is 10.4. The lowest BCUT2D eigenvalue weighted by molar-refractivity contribution is -0.167. The molecule has 2 unspecified atom stereocenters. The molecule has 6 nitrogen and oxygen atoms in total. The average Bonchev–Trinajstić information content (AvgIpc) is 3.07. The summed E-state index contributed by atoms with van der Waals surface area (Å²) >= 11 is 0. The molecule has 3 aliphatic carbocycles. The smallest absolute Gasteiger partial charge is 0.307 e. The zero-order valence-electron chi connectivity index (χ0n) is 20.7. The Kier molecular flexibility index (Phi) is 8.43. The zero-order valence-corrected chi connectivity index (χ0v) is 20.7. The Hall–Kier alpha value is -0.980. The van der Waals surface area contributed by atoms with Gasteiger partial charge in [-0.05, 0) is 74.0 Å². The summed E-state index contributed by atoms with van der Waals surface area (Å²) in [4.78, 5) is 26.1. The van der Waals surface area contributed by atoms with Crippen LogP contribution in [0.5, 0.6) is 0 Å². The highest BCUT2D eigenvalue weighted by Crippen LogP contribution is 2.60. The molecule has 0 aliphatic heterocycles. The van der Waals surface area contributed by atoms with Crippen LogP contribution in [-0.4, -0.2) is 50.1 Å². The van der Waals surface area contributed by atoms with Gasteiger partial charge in [-0.3, -0.25) is 9.59 Å². The lowest BCUT2D eigenvalue weighted by Gasteiger charge is -2.52. The van der Waals surface area contributed by atoms with Gasteiger partial charge in [0.05, 0.1) is 12.0 Å². The first-order chi connectivity index (χ1) is 15.1. The van der Waals surface area contributed by atoms with E-state index in [1.807, 2.05) is 0 Å². The van der Waals surface area contributed by atoms with Gasteiger partial charge in [-0.1, -0.05) is 27.7 Å². The van der Waals surface area contributed by atoms with Crippen LogP contribution in [0.25, 0.3) is 0 Å². The van der Waals surface area contributed by atoms with Gasteiger partial charge in [0.15, 0.2) is 0 Å². The third-order valence-corrected chi connectivity index (χ3v) is 9.07. The van der Waals surface area contributed by atoms with Crippen LogP contribution in [0, 0.1) is 40.4 Å². The van der Waals surface area contributed by atoms with Crippen LogP contribution in [0.3, 0.4) is 0 Å². The molecule has 3 saturated carbocycles. The van der Waals surface area contributed by atoms with E-state index < -0.39 is 17.3 Å². The van der Waals surface area contributed by atoms with Gasteiger partial charge in [-0.25, -0.2) is 0 Å². The molecule has 0 aromatic carbocycles. The molecule has 0 amide bonds. The minimum atomic E-state index is -0.800. The predicted octanol–water partition coefficient (Wildman–Crippen LogP) is 4.94.